The topological polar surface area (TPSA) is 47.6 Å². The molecule has 3 aromatic rings. The number of carbonyl (C=O) groups excluding carboxylic acids is 1. The summed E-state index contributed by atoms with van der Waals surface area (Å²) in [7, 11) is 3.24. The van der Waals surface area contributed by atoms with Crippen LogP contribution in [0, 0.1) is 0 Å². The molecule has 2 aromatic carbocycles. The van der Waals surface area contributed by atoms with Crippen LogP contribution in [0.1, 0.15) is 28.8 Å². The normalized spacial score (nSPS) is 10.5. The first-order valence-electron chi connectivity index (χ1n) is 9.33. The highest BCUT2D eigenvalue weighted by Gasteiger charge is 2.08. The van der Waals surface area contributed by atoms with Gasteiger partial charge in [-0.2, -0.15) is 11.3 Å². The van der Waals surface area contributed by atoms with Crippen LogP contribution < -0.4 is 14.8 Å². The lowest BCUT2D eigenvalue weighted by Gasteiger charge is -2.10. The van der Waals surface area contributed by atoms with Crippen LogP contribution in [0.15, 0.2) is 59.3 Å². The van der Waals surface area contributed by atoms with E-state index in [-0.39, 0.29) is 5.91 Å². The molecule has 0 saturated heterocycles. The molecule has 146 valence electrons. The number of amides is 1. The van der Waals surface area contributed by atoms with Gasteiger partial charge in [0.15, 0.2) is 11.5 Å². The van der Waals surface area contributed by atoms with Crippen molar-refractivity contribution in [2.45, 2.75) is 19.3 Å². The number of methoxy groups -OCH3 is 2. The molecule has 0 aliphatic carbocycles. The van der Waals surface area contributed by atoms with Gasteiger partial charge in [-0.3, -0.25) is 4.79 Å². The minimum atomic E-state index is -0.0330. The van der Waals surface area contributed by atoms with Crippen LogP contribution in [-0.2, 0) is 6.42 Å². The number of hydrogen-bond acceptors (Lipinski definition) is 4. The largest absolute Gasteiger partial charge is 0.493 e. The van der Waals surface area contributed by atoms with Crippen molar-refractivity contribution in [3.8, 4) is 22.6 Å². The Labute approximate surface area is 170 Å². The molecule has 28 heavy (non-hydrogen) atoms. The van der Waals surface area contributed by atoms with Crippen LogP contribution in [0.3, 0.4) is 0 Å². The number of benzene rings is 2. The summed E-state index contributed by atoms with van der Waals surface area (Å²) in [5, 5.41) is 7.28. The Morgan fingerprint density at radius 1 is 0.929 bits per heavy atom. The molecule has 5 heteroatoms. The molecule has 4 nitrogen and oxygen atoms in total. The van der Waals surface area contributed by atoms with Crippen LogP contribution >= 0.6 is 11.3 Å². The second kappa shape index (κ2) is 9.95. The molecule has 1 aromatic heterocycles. The molecule has 0 radical (unpaired) electrons. The first-order chi connectivity index (χ1) is 13.7. The quantitative estimate of drug-likeness (QED) is 0.508. The van der Waals surface area contributed by atoms with Gasteiger partial charge >= 0.3 is 0 Å². The molecule has 0 atom stereocenters. The van der Waals surface area contributed by atoms with Crippen molar-refractivity contribution in [3.63, 3.8) is 0 Å². The van der Waals surface area contributed by atoms with E-state index < -0.39 is 0 Å². The monoisotopic (exact) mass is 395 g/mol. The second-order valence-corrected chi connectivity index (χ2v) is 7.27. The third kappa shape index (κ3) is 5.14. The first kappa shape index (κ1) is 20.0. The Hall–Kier alpha value is -2.79. The predicted molar refractivity (Wildman–Crippen MR) is 115 cm³/mol. The summed E-state index contributed by atoms with van der Waals surface area (Å²) < 4.78 is 10.6. The van der Waals surface area contributed by atoms with Crippen molar-refractivity contribution in [1.82, 2.24) is 5.32 Å². The molecule has 0 unspecified atom stereocenters. The summed E-state index contributed by atoms with van der Waals surface area (Å²) in [6.45, 7) is 0.695. The Morgan fingerprint density at radius 3 is 2.36 bits per heavy atom. The van der Waals surface area contributed by atoms with E-state index in [2.05, 4.69) is 22.1 Å². The number of nitrogens with one attached hydrogen (secondary N) is 1. The van der Waals surface area contributed by atoms with Gasteiger partial charge in [-0.05, 0) is 77.0 Å². The SMILES string of the molecule is COc1ccc(-c2ccc(C(=O)NCCCCc3ccsc3)cc2)cc1OC. The van der Waals surface area contributed by atoms with Gasteiger partial charge in [-0.25, -0.2) is 0 Å². The maximum absolute atomic E-state index is 12.3. The van der Waals surface area contributed by atoms with E-state index in [0.29, 0.717) is 23.6 Å². The third-order valence-corrected chi connectivity index (χ3v) is 5.35. The summed E-state index contributed by atoms with van der Waals surface area (Å²) >= 11 is 1.73. The van der Waals surface area contributed by atoms with E-state index >= 15 is 0 Å². The van der Waals surface area contributed by atoms with Crippen molar-refractivity contribution < 1.29 is 14.3 Å². The number of hydrogen-bond donors (Lipinski definition) is 1. The molecule has 0 saturated carbocycles. The van der Waals surface area contributed by atoms with Crippen molar-refractivity contribution in [3.05, 3.63) is 70.4 Å². The van der Waals surface area contributed by atoms with Crippen molar-refractivity contribution >= 4 is 17.2 Å². The molecular weight excluding hydrogens is 370 g/mol. The summed E-state index contributed by atoms with van der Waals surface area (Å²) in [5.41, 5.74) is 4.08. The van der Waals surface area contributed by atoms with Gasteiger partial charge in [-0.1, -0.05) is 18.2 Å². The van der Waals surface area contributed by atoms with Gasteiger partial charge in [0.2, 0.25) is 0 Å². The minimum absolute atomic E-state index is 0.0330. The zero-order valence-electron chi connectivity index (χ0n) is 16.2. The van der Waals surface area contributed by atoms with Crippen molar-refractivity contribution in [1.29, 1.82) is 0 Å². The van der Waals surface area contributed by atoms with Crippen LogP contribution in [0.2, 0.25) is 0 Å². The molecule has 0 spiro atoms. The van der Waals surface area contributed by atoms with Crippen LogP contribution in [0.4, 0.5) is 0 Å². The summed E-state index contributed by atoms with van der Waals surface area (Å²) in [6, 6.07) is 15.6. The van der Waals surface area contributed by atoms with Crippen molar-refractivity contribution in [2.75, 3.05) is 20.8 Å². The lowest BCUT2D eigenvalue weighted by atomic mass is 10.0. The summed E-state index contributed by atoms with van der Waals surface area (Å²) in [4.78, 5) is 12.3. The maximum Gasteiger partial charge on any atom is 0.251 e. The fourth-order valence-corrected chi connectivity index (χ4v) is 3.73. The third-order valence-electron chi connectivity index (χ3n) is 4.62. The first-order valence-corrected chi connectivity index (χ1v) is 10.3. The van der Waals surface area contributed by atoms with Gasteiger partial charge in [0.05, 0.1) is 14.2 Å². The molecule has 0 fully saturated rings. The fourth-order valence-electron chi connectivity index (χ4n) is 3.02. The number of carbonyl (C=O) groups is 1. The highest BCUT2D eigenvalue weighted by Crippen LogP contribution is 2.32. The van der Waals surface area contributed by atoms with Gasteiger partial charge < -0.3 is 14.8 Å². The summed E-state index contributed by atoms with van der Waals surface area (Å²) in [6.07, 6.45) is 3.12. The number of unbranched alkanes of at least 4 members (excludes halogenated alkanes) is 1. The number of thiophene rings is 1. The zero-order chi connectivity index (χ0) is 19.8. The highest BCUT2D eigenvalue weighted by atomic mass is 32.1. The van der Waals surface area contributed by atoms with Gasteiger partial charge in [-0.15, -0.1) is 0 Å². The molecule has 3 rings (SSSR count). The van der Waals surface area contributed by atoms with E-state index in [0.717, 1.165) is 30.4 Å². The van der Waals surface area contributed by atoms with E-state index in [1.54, 1.807) is 25.6 Å². The van der Waals surface area contributed by atoms with E-state index in [4.69, 9.17) is 9.47 Å². The Morgan fingerprint density at radius 2 is 1.68 bits per heavy atom. The average molecular weight is 396 g/mol. The number of rotatable bonds is 9. The lowest BCUT2D eigenvalue weighted by Crippen LogP contribution is -2.24. The van der Waals surface area contributed by atoms with Gasteiger partial charge in [0, 0.05) is 12.1 Å². The molecule has 0 bridgehead atoms. The number of ether oxygens (including phenoxy) is 2. The molecule has 1 N–H and O–H groups in total. The lowest BCUT2D eigenvalue weighted by molar-refractivity contribution is 0.0953. The van der Waals surface area contributed by atoms with E-state index in [9.17, 15) is 4.79 Å². The standard InChI is InChI=1S/C23H25NO3S/c1-26-21-11-10-20(15-22(21)27-2)18-6-8-19(9-7-18)23(25)24-13-4-3-5-17-12-14-28-16-17/h6-12,14-16H,3-5,13H2,1-2H3,(H,24,25). The highest BCUT2D eigenvalue weighted by molar-refractivity contribution is 7.07. The Kier molecular flexibility index (Phi) is 7.09. The molecule has 0 aliphatic heterocycles. The maximum atomic E-state index is 12.3. The van der Waals surface area contributed by atoms with Gasteiger partial charge in [0.25, 0.3) is 5.91 Å². The van der Waals surface area contributed by atoms with Crippen LogP contribution in [-0.4, -0.2) is 26.7 Å². The zero-order valence-corrected chi connectivity index (χ0v) is 17.1. The number of aryl methyl sites for hydroxylation is 1. The predicted octanol–water partition coefficient (Wildman–Crippen LogP) is 5.19. The van der Waals surface area contributed by atoms with Crippen LogP contribution in [0.5, 0.6) is 11.5 Å². The Balaban J connectivity index is 1.52. The molecule has 1 heterocycles. The summed E-state index contributed by atoms with van der Waals surface area (Å²) in [5.74, 6) is 1.35. The van der Waals surface area contributed by atoms with E-state index in [1.165, 1.54) is 5.56 Å². The van der Waals surface area contributed by atoms with Crippen molar-refractivity contribution in [2.24, 2.45) is 0 Å². The van der Waals surface area contributed by atoms with Gasteiger partial charge in [0.1, 0.15) is 0 Å². The van der Waals surface area contributed by atoms with Crippen LogP contribution in [0.25, 0.3) is 11.1 Å². The minimum Gasteiger partial charge on any atom is -0.493 e. The molecule has 0 aliphatic rings. The molecule has 1 amide bonds. The average Bonchev–Trinajstić information content (AvgIpc) is 3.26. The Bertz CT molecular complexity index is 889. The molecular formula is C23H25NO3S. The van der Waals surface area contributed by atoms with E-state index in [1.807, 2.05) is 42.5 Å². The smallest absolute Gasteiger partial charge is 0.251 e. The second-order valence-electron chi connectivity index (χ2n) is 6.49. The fraction of sp³-hybridized carbons (Fsp3) is 0.261.